The minimum atomic E-state index is -0.784. The minimum Gasteiger partial charge on any atom is -0.481 e. The van der Waals surface area contributed by atoms with Crippen LogP contribution in [0.3, 0.4) is 0 Å². The Morgan fingerprint density at radius 3 is 2.49 bits per heavy atom. The molecule has 0 amide bonds. The molecule has 2 unspecified atom stereocenters. The third kappa shape index (κ3) is 4.11. The molecule has 3 N–H and O–H groups in total. The molecule has 3 aliphatic carbocycles. The topological polar surface area (TPSA) is 90.9 Å². The number of nitrogens with zero attached hydrogens (tertiary/aromatic N) is 2. The van der Waals surface area contributed by atoms with Crippen LogP contribution in [-0.4, -0.2) is 32.1 Å². The van der Waals surface area contributed by atoms with Crippen LogP contribution in [0.2, 0.25) is 0 Å². The molecule has 3 aliphatic rings. The predicted molar refractivity (Wildman–Crippen MR) is 146 cm³/mol. The summed E-state index contributed by atoms with van der Waals surface area (Å²) in [7, 11) is 0. The van der Waals surface area contributed by atoms with Crippen molar-refractivity contribution in [2.45, 2.75) is 31.7 Å². The first-order chi connectivity index (χ1) is 18.9. The molecule has 3 saturated carbocycles. The largest absolute Gasteiger partial charge is 0.481 e. The molecule has 0 aliphatic heterocycles. The summed E-state index contributed by atoms with van der Waals surface area (Å²) in [4.78, 5) is 24.8. The Balaban J connectivity index is 1.37. The number of benzene rings is 3. The highest BCUT2D eigenvalue weighted by atomic mass is 19.1. The zero-order chi connectivity index (χ0) is 26.7. The molecule has 0 spiro atoms. The predicted octanol–water partition coefficient (Wildman–Crippen LogP) is 7.02. The van der Waals surface area contributed by atoms with E-state index in [-0.39, 0.29) is 23.4 Å². The Hall–Kier alpha value is -4.33. The fourth-order valence-corrected chi connectivity index (χ4v) is 6.66. The molecular formula is C31H26F2N4O2. The van der Waals surface area contributed by atoms with E-state index in [2.05, 4.69) is 10.3 Å². The van der Waals surface area contributed by atoms with Gasteiger partial charge < -0.3 is 15.4 Å². The quantitative estimate of drug-likeness (QED) is 0.230. The van der Waals surface area contributed by atoms with E-state index in [1.165, 1.54) is 6.07 Å². The number of carbonyl (C=O) groups is 1. The van der Waals surface area contributed by atoms with Gasteiger partial charge in [-0.1, -0.05) is 36.4 Å². The second kappa shape index (κ2) is 9.15. The standard InChI is InChI=1S/C31H26F2N4O2/c32-21-12-22-23(15-34-29(22)24(33)13-21)30-35-25(20-10-5-16-3-1-2-4-19(16)11-20)14-26(37-30)36-28-18-8-6-17(7-9-18)27(28)31(38)39/h1-5,10-15,17-18,27-28,34H,6-9H2,(H,38,39)(H,35,36,37). The number of halogens is 2. The number of aromatic nitrogens is 3. The molecule has 5 aromatic rings. The van der Waals surface area contributed by atoms with Gasteiger partial charge in [0.25, 0.3) is 0 Å². The van der Waals surface area contributed by atoms with Crippen LogP contribution in [0, 0.1) is 29.4 Å². The summed E-state index contributed by atoms with van der Waals surface area (Å²) >= 11 is 0. The molecule has 2 atom stereocenters. The van der Waals surface area contributed by atoms with Gasteiger partial charge in [-0.25, -0.2) is 18.7 Å². The Kier molecular flexibility index (Phi) is 5.58. The highest BCUT2D eigenvalue weighted by molar-refractivity contribution is 5.95. The van der Waals surface area contributed by atoms with Gasteiger partial charge in [0, 0.05) is 40.9 Å². The van der Waals surface area contributed by atoms with Crippen LogP contribution in [0.25, 0.3) is 44.3 Å². The van der Waals surface area contributed by atoms with E-state index < -0.39 is 23.5 Å². The summed E-state index contributed by atoms with van der Waals surface area (Å²) in [5.41, 5.74) is 2.13. The van der Waals surface area contributed by atoms with Crippen molar-refractivity contribution in [3.05, 3.63) is 78.5 Å². The Bertz CT molecular complexity index is 1740. The lowest BCUT2D eigenvalue weighted by Gasteiger charge is -2.47. The number of anilines is 1. The van der Waals surface area contributed by atoms with Crippen LogP contribution in [0.4, 0.5) is 14.6 Å². The maximum atomic E-state index is 14.5. The number of nitrogens with one attached hydrogen (secondary N) is 2. The number of carboxylic acids is 1. The first-order valence-electron chi connectivity index (χ1n) is 13.3. The third-order valence-electron chi connectivity index (χ3n) is 8.54. The molecular weight excluding hydrogens is 498 g/mol. The number of H-pyrrole nitrogens is 1. The van der Waals surface area contributed by atoms with Crippen LogP contribution in [0.5, 0.6) is 0 Å². The summed E-state index contributed by atoms with van der Waals surface area (Å²) in [6.45, 7) is 0. The van der Waals surface area contributed by atoms with Gasteiger partial charge in [-0.05, 0) is 60.4 Å². The van der Waals surface area contributed by atoms with Gasteiger partial charge in [-0.3, -0.25) is 4.79 Å². The Labute approximate surface area is 223 Å². The molecule has 6 nitrogen and oxygen atoms in total. The monoisotopic (exact) mass is 524 g/mol. The van der Waals surface area contributed by atoms with Crippen molar-refractivity contribution in [2.24, 2.45) is 17.8 Å². The molecule has 2 heterocycles. The number of hydrogen-bond donors (Lipinski definition) is 3. The van der Waals surface area contributed by atoms with Gasteiger partial charge in [-0.2, -0.15) is 0 Å². The molecule has 0 saturated heterocycles. The van der Waals surface area contributed by atoms with Crippen LogP contribution in [0.15, 0.2) is 66.9 Å². The SMILES string of the molecule is O=C(O)C1C2CCC(CC2)C1Nc1cc(-c2ccc3ccccc3c2)nc(-c2c[nH]c3c(F)cc(F)cc23)n1. The van der Waals surface area contributed by atoms with E-state index in [1.54, 1.807) is 6.20 Å². The highest BCUT2D eigenvalue weighted by Gasteiger charge is 2.47. The number of carboxylic acid groups (broad SMARTS) is 1. The van der Waals surface area contributed by atoms with Gasteiger partial charge in [0.1, 0.15) is 17.5 Å². The van der Waals surface area contributed by atoms with Gasteiger partial charge in [0.05, 0.1) is 17.1 Å². The van der Waals surface area contributed by atoms with Crippen molar-refractivity contribution in [1.82, 2.24) is 15.0 Å². The summed E-state index contributed by atoms with van der Waals surface area (Å²) < 4.78 is 28.7. The number of rotatable bonds is 5. The fourth-order valence-electron chi connectivity index (χ4n) is 6.66. The minimum absolute atomic E-state index is 0.144. The number of aromatic amines is 1. The van der Waals surface area contributed by atoms with E-state index in [9.17, 15) is 18.7 Å². The Morgan fingerprint density at radius 1 is 0.923 bits per heavy atom. The number of fused-ring (bicyclic) bond motifs is 5. The van der Waals surface area contributed by atoms with Crippen molar-refractivity contribution in [1.29, 1.82) is 0 Å². The van der Waals surface area contributed by atoms with E-state index in [1.807, 2.05) is 48.5 Å². The average molecular weight is 525 g/mol. The van der Waals surface area contributed by atoms with Crippen LogP contribution in [-0.2, 0) is 4.79 Å². The van der Waals surface area contributed by atoms with Crippen molar-refractivity contribution in [2.75, 3.05) is 5.32 Å². The highest BCUT2D eigenvalue weighted by Crippen LogP contribution is 2.46. The van der Waals surface area contributed by atoms with E-state index >= 15 is 0 Å². The van der Waals surface area contributed by atoms with Crippen molar-refractivity contribution < 1.29 is 18.7 Å². The van der Waals surface area contributed by atoms with Gasteiger partial charge in [0.2, 0.25) is 0 Å². The lowest BCUT2D eigenvalue weighted by molar-refractivity contribution is -0.148. The summed E-state index contributed by atoms with van der Waals surface area (Å²) in [6, 6.07) is 17.8. The molecule has 3 aromatic carbocycles. The third-order valence-corrected chi connectivity index (χ3v) is 8.54. The van der Waals surface area contributed by atoms with E-state index in [0.29, 0.717) is 28.3 Å². The zero-order valence-electron chi connectivity index (χ0n) is 21.0. The number of aliphatic carboxylic acids is 1. The van der Waals surface area contributed by atoms with Gasteiger partial charge in [0.15, 0.2) is 5.82 Å². The van der Waals surface area contributed by atoms with Crippen LogP contribution < -0.4 is 5.32 Å². The molecule has 39 heavy (non-hydrogen) atoms. The Morgan fingerprint density at radius 2 is 1.69 bits per heavy atom. The van der Waals surface area contributed by atoms with E-state index in [0.717, 1.165) is 48.1 Å². The first-order valence-corrected chi connectivity index (χ1v) is 13.3. The lowest BCUT2D eigenvalue weighted by Crippen LogP contribution is -2.51. The van der Waals surface area contributed by atoms with E-state index in [4.69, 9.17) is 9.97 Å². The second-order valence-electron chi connectivity index (χ2n) is 10.7. The molecule has 8 heteroatoms. The van der Waals surface area contributed by atoms with Gasteiger partial charge >= 0.3 is 5.97 Å². The van der Waals surface area contributed by atoms with Crippen molar-refractivity contribution in [3.8, 4) is 22.6 Å². The van der Waals surface area contributed by atoms with Crippen LogP contribution >= 0.6 is 0 Å². The smallest absolute Gasteiger partial charge is 0.308 e. The first kappa shape index (κ1) is 23.8. The molecule has 0 radical (unpaired) electrons. The molecule has 3 fully saturated rings. The number of hydrogen-bond acceptors (Lipinski definition) is 4. The average Bonchev–Trinajstić information content (AvgIpc) is 3.37. The lowest BCUT2D eigenvalue weighted by atomic mass is 9.61. The molecule has 2 bridgehead atoms. The van der Waals surface area contributed by atoms with Crippen LogP contribution in [0.1, 0.15) is 25.7 Å². The van der Waals surface area contributed by atoms with Gasteiger partial charge in [-0.15, -0.1) is 0 Å². The maximum absolute atomic E-state index is 14.5. The molecule has 196 valence electrons. The maximum Gasteiger partial charge on any atom is 0.308 e. The fraction of sp³-hybridized carbons (Fsp3) is 0.258. The summed E-state index contributed by atoms with van der Waals surface area (Å²) in [5, 5.41) is 16.0. The zero-order valence-corrected chi connectivity index (χ0v) is 21.0. The molecule has 8 rings (SSSR count). The normalized spacial score (nSPS) is 22.4. The summed E-state index contributed by atoms with van der Waals surface area (Å²) in [5.74, 6) is -1.47. The van der Waals surface area contributed by atoms with Crippen molar-refractivity contribution in [3.63, 3.8) is 0 Å². The van der Waals surface area contributed by atoms with Crippen molar-refractivity contribution >= 4 is 33.5 Å². The molecule has 2 aromatic heterocycles. The summed E-state index contributed by atoms with van der Waals surface area (Å²) in [6.07, 6.45) is 5.43. The second-order valence-corrected chi connectivity index (χ2v) is 10.7.